The van der Waals surface area contributed by atoms with Crippen LogP contribution in [-0.2, 0) is 4.74 Å². The lowest BCUT2D eigenvalue weighted by atomic mass is 10.1. The van der Waals surface area contributed by atoms with Crippen molar-refractivity contribution in [3.63, 3.8) is 0 Å². The van der Waals surface area contributed by atoms with Gasteiger partial charge in [-0.05, 0) is 25.1 Å². The lowest BCUT2D eigenvalue weighted by Gasteiger charge is -2.05. The van der Waals surface area contributed by atoms with E-state index in [9.17, 15) is 4.79 Å². The molecule has 0 spiro atoms. The smallest absolute Gasteiger partial charge is 0.340 e. The summed E-state index contributed by atoms with van der Waals surface area (Å²) in [6, 6.07) is 11.7. The third-order valence-electron chi connectivity index (χ3n) is 3.25. The molecule has 0 bridgehead atoms. The number of aromatic nitrogens is 2. The minimum absolute atomic E-state index is 0.355. The van der Waals surface area contributed by atoms with E-state index in [0.717, 1.165) is 16.9 Å². The molecule has 100 valence electrons. The number of benzene rings is 1. The molecule has 3 aromatic rings. The van der Waals surface area contributed by atoms with E-state index in [1.165, 1.54) is 12.7 Å². The highest BCUT2D eigenvalue weighted by molar-refractivity contribution is 5.97. The molecule has 0 radical (unpaired) electrons. The minimum Gasteiger partial charge on any atom is -0.465 e. The van der Waals surface area contributed by atoms with Gasteiger partial charge in [-0.1, -0.05) is 23.8 Å². The van der Waals surface area contributed by atoms with Gasteiger partial charge in [0.1, 0.15) is 5.82 Å². The highest BCUT2D eigenvalue weighted by atomic mass is 16.5. The van der Waals surface area contributed by atoms with Crippen molar-refractivity contribution in [2.45, 2.75) is 6.92 Å². The molecule has 0 aliphatic heterocycles. The Hall–Kier alpha value is -2.62. The number of fused-ring (bicyclic) bond motifs is 1. The van der Waals surface area contributed by atoms with Crippen LogP contribution in [0.4, 0.5) is 0 Å². The molecule has 4 nitrogen and oxygen atoms in total. The van der Waals surface area contributed by atoms with Gasteiger partial charge in [-0.25, -0.2) is 9.78 Å². The standard InChI is InChI=1S/C16H14N2O2/c1-11-5-3-6-12(9-11)15-17-10-14-13(16(19)20-2)7-4-8-18(14)15/h3-10H,1-2H3. The molecule has 4 heteroatoms. The van der Waals surface area contributed by atoms with E-state index in [0.29, 0.717) is 5.56 Å². The summed E-state index contributed by atoms with van der Waals surface area (Å²) in [4.78, 5) is 16.2. The summed E-state index contributed by atoms with van der Waals surface area (Å²) >= 11 is 0. The fraction of sp³-hybridized carbons (Fsp3) is 0.125. The molecular formula is C16H14N2O2. The van der Waals surface area contributed by atoms with Crippen molar-refractivity contribution in [3.8, 4) is 11.4 Å². The Morgan fingerprint density at radius 1 is 1.25 bits per heavy atom. The summed E-state index contributed by atoms with van der Waals surface area (Å²) in [7, 11) is 1.38. The molecule has 0 aliphatic rings. The molecular weight excluding hydrogens is 252 g/mol. The van der Waals surface area contributed by atoms with E-state index in [1.54, 1.807) is 12.3 Å². The van der Waals surface area contributed by atoms with Crippen LogP contribution in [0.3, 0.4) is 0 Å². The number of esters is 1. The van der Waals surface area contributed by atoms with Gasteiger partial charge in [0.15, 0.2) is 0 Å². The number of rotatable bonds is 2. The van der Waals surface area contributed by atoms with Crippen LogP contribution in [0.25, 0.3) is 16.9 Å². The number of pyridine rings is 1. The van der Waals surface area contributed by atoms with Gasteiger partial charge in [-0.2, -0.15) is 0 Å². The van der Waals surface area contributed by atoms with Crippen molar-refractivity contribution < 1.29 is 9.53 Å². The van der Waals surface area contributed by atoms with Crippen LogP contribution < -0.4 is 0 Å². The van der Waals surface area contributed by atoms with Crippen molar-refractivity contribution in [3.05, 3.63) is 59.9 Å². The first-order valence-corrected chi connectivity index (χ1v) is 6.32. The lowest BCUT2D eigenvalue weighted by Crippen LogP contribution is -2.03. The third kappa shape index (κ3) is 1.95. The van der Waals surface area contributed by atoms with Crippen molar-refractivity contribution >= 4 is 11.5 Å². The van der Waals surface area contributed by atoms with Crippen LogP contribution in [0, 0.1) is 6.92 Å². The second-order valence-corrected chi connectivity index (χ2v) is 4.62. The highest BCUT2D eigenvalue weighted by Crippen LogP contribution is 2.22. The molecule has 0 amide bonds. The van der Waals surface area contributed by atoms with Gasteiger partial charge in [0.2, 0.25) is 0 Å². The molecule has 0 saturated heterocycles. The van der Waals surface area contributed by atoms with Crippen LogP contribution in [0.5, 0.6) is 0 Å². The van der Waals surface area contributed by atoms with E-state index in [4.69, 9.17) is 4.74 Å². The molecule has 0 fully saturated rings. The van der Waals surface area contributed by atoms with Crippen molar-refractivity contribution in [1.29, 1.82) is 0 Å². The Morgan fingerprint density at radius 2 is 2.10 bits per heavy atom. The van der Waals surface area contributed by atoms with E-state index in [1.807, 2.05) is 41.8 Å². The monoisotopic (exact) mass is 266 g/mol. The van der Waals surface area contributed by atoms with E-state index in [-0.39, 0.29) is 5.97 Å². The molecule has 0 saturated carbocycles. The number of methoxy groups -OCH3 is 1. The predicted octanol–water partition coefficient (Wildman–Crippen LogP) is 3.10. The van der Waals surface area contributed by atoms with E-state index in [2.05, 4.69) is 11.1 Å². The molecule has 0 N–H and O–H groups in total. The van der Waals surface area contributed by atoms with Gasteiger partial charge >= 0.3 is 5.97 Å². The van der Waals surface area contributed by atoms with Gasteiger partial charge < -0.3 is 4.74 Å². The number of nitrogens with zero attached hydrogens (tertiary/aromatic N) is 2. The number of imidazole rings is 1. The molecule has 2 aromatic heterocycles. The predicted molar refractivity (Wildman–Crippen MR) is 76.7 cm³/mol. The first-order chi connectivity index (χ1) is 9.70. The van der Waals surface area contributed by atoms with Gasteiger partial charge in [-0.3, -0.25) is 4.40 Å². The number of hydrogen-bond acceptors (Lipinski definition) is 3. The maximum Gasteiger partial charge on any atom is 0.340 e. The van der Waals surface area contributed by atoms with Gasteiger partial charge in [0.05, 0.1) is 24.4 Å². The number of ether oxygens (including phenoxy) is 1. The van der Waals surface area contributed by atoms with Crippen LogP contribution in [0.2, 0.25) is 0 Å². The zero-order valence-electron chi connectivity index (χ0n) is 11.3. The van der Waals surface area contributed by atoms with E-state index < -0.39 is 0 Å². The van der Waals surface area contributed by atoms with Crippen LogP contribution in [0.1, 0.15) is 15.9 Å². The van der Waals surface area contributed by atoms with Crippen molar-refractivity contribution in [1.82, 2.24) is 9.38 Å². The van der Waals surface area contributed by atoms with Crippen LogP contribution in [-0.4, -0.2) is 22.5 Å². The Morgan fingerprint density at radius 3 is 2.85 bits per heavy atom. The molecule has 20 heavy (non-hydrogen) atoms. The summed E-state index contributed by atoms with van der Waals surface area (Å²) in [5, 5.41) is 0. The lowest BCUT2D eigenvalue weighted by molar-refractivity contribution is 0.0602. The Balaban J connectivity index is 2.22. The first-order valence-electron chi connectivity index (χ1n) is 6.32. The third-order valence-corrected chi connectivity index (χ3v) is 3.25. The number of hydrogen-bond donors (Lipinski definition) is 0. The second kappa shape index (κ2) is 4.81. The summed E-state index contributed by atoms with van der Waals surface area (Å²) in [6.07, 6.45) is 3.59. The summed E-state index contributed by atoms with van der Waals surface area (Å²) in [5.74, 6) is 0.459. The number of carbonyl (C=O) groups is 1. The van der Waals surface area contributed by atoms with Crippen molar-refractivity contribution in [2.24, 2.45) is 0 Å². The molecule has 0 atom stereocenters. The SMILES string of the molecule is COC(=O)c1cccn2c(-c3cccc(C)c3)ncc12. The highest BCUT2D eigenvalue weighted by Gasteiger charge is 2.14. The topological polar surface area (TPSA) is 43.6 Å². The van der Waals surface area contributed by atoms with Crippen LogP contribution in [0.15, 0.2) is 48.8 Å². The number of aryl methyl sites for hydroxylation is 1. The Labute approximate surface area is 116 Å². The molecule has 2 heterocycles. The summed E-state index contributed by atoms with van der Waals surface area (Å²) in [6.45, 7) is 2.04. The molecule has 0 unspecified atom stereocenters. The average Bonchev–Trinajstić information content (AvgIpc) is 2.90. The first kappa shape index (κ1) is 12.4. The zero-order valence-corrected chi connectivity index (χ0v) is 11.3. The summed E-state index contributed by atoms with van der Waals surface area (Å²) < 4.78 is 6.70. The Kier molecular flexibility index (Phi) is 2.99. The maximum absolute atomic E-state index is 11.8. The average molecular weight is 266 g/mol. The zero-order chi connectivity index (χ0) is 14.1. The fourth-order valence-electron chi connectivity index (χ4n) is 2.30. The fourth-order valence-corrected chi connectivity index (χ4v) is 2.30. The molecule has 3 rings (SSSR count). The number of carbonyl (C=O) groups excluding carboxylic acids is 1. The molecule has 0 aliphatic carbocycles. The van der Waals surface area contributed by atoms with Gasteiger partial charge in [0, 0.05) is 11.8 Å². The minimum atomic E-state index is -0.355. The maximum atomic E-state index is 11.8. The van der Waals surface area contributed by atoms with Gasteiger partial charge in [0.25, 0.3) is 0 Å². The normalized spacial score (nSPS) is 10.7. The van der Waals surface area contributed by atoms with E-state index >= 15 is 0 Å². The quantitative estimate of drug-likeness (QED) is 0.669. The second-order valence-electron chi connectivity index (χ2n) is 4.62. The summed E-state index contributed by atoms with van der Waals surface area (Å²) in [5.41, 5.74) is 3.45. The van der Waals surface area contributed by atoms with Crippen LogP contribution >= 0.6 is 0 Å². The largest absolute Gasteiger partial charge is 0.465 e. The van der Waals surface area contributed by atoms with Gasteiger partial charge in [-0.15, -0.1) is 0 Å². The van der Waals surface area contributed by atoms with Crippen molar-refractivity contribution in [2.75, 3.05) is 7.11 Å². The molecule has 1 aromatic carbocycles. The Bertz CT molecular complexity index is 790.